The van der Waals surface area contributed by atoms with E-state index in [0.29, 0.717) is 37.6 Å². The second-order valence-corrected chi connectivity index (χ2v) is 10.4. The van der Waals surface area contributed by atoms with E-state index in [-0.39, 0.29) is 31.0 Å². The highest BCUT2D eigenvalue weighted by atomic mass is 16.5. The summed E-state index contributed by atoms with van der Waals surface area (Å²) in [6.45, 7) is 2.66. The zero-order valence-corrected chi connectivity index (χ0v) is 23.6. The molecule has 2 aliphatic rings. The van der Waals surface area contributed by atoms with Crippen LogP contribution in [0.1, 0.15) is 43.2 Å². The number of hydrogen-bond acceptors (Lipinski definition) is 6. The van der Waals surface area contributed by atoms with Crippen molar-refractivity contribution in [1.82, 2.24) is 25.3 Å². The van der Waals surface area contributed by atoms with E-state index in [1.807, 2.05) is 47.4 Å². The Kier molecular flexibility index (Phi) is 10.6. The molecule has 1 saturated carbocycles. The first kappa shape index (κ1) is 29.1. The molecule has 4 rings (SSSR count). The van der Waals surface area contributed by atoms with E-state index in [9.17, 15) is 14.4 Å². The van der Waals surface area contributed by atoms with Crippen molar-refractivity contribution in [3.8, 4) is 5.75 Å². The van der Waals surface area contributed by atoms with Gasteiger partial charge in [-0.25, -0.2) is 0 Å². The number of ether oxygens (including phenoxy) is 1. The highest BCUT2D eigenvalue weighted by Crippen LogP contribution is 2.33. The first-order valence-electron chi connectivity index (χ1n) is 14.2. The number of piperazine rings is 1. The summed E-state index contributed by atoms with van der Waals surface area (Å²) in [6.07, 6.45) is 6.38. The van der Waals surface area contributed by atoms with E-state index in [0.717, 1.165) is 48.9 Å². The van der Waals surface area contributed by atoms with Crippen LogP contribution in [0.4, 0.5) is 0 Å². The van der Waals surface area contributed by atoms with Gasteiger partial charge in [0.2, 0.25) is 6.41 Å². The van der Waals surface area contributed by atoms with Gasteiger partial charge in [0.15, 0.2) is 6.61 Å². The van der Waals surface area contributed by atoms with Crippen LogP contribution in [0.25, 0.3) is 5.70 Å². The molecule has 9 nitrogen and oxygen atoms in total. The van der Waals surface area contributed by atoms with Crippen molar-refractivity contribution in [1.29, 1.82) is 0 Å². The predicted octanol–water partition coefficient (Wildman–Crippen LogP) is 2.83. The quantitative estimate of drug-likeness (QED) is 0.332. The van der Waals surface area contributed by atoms with E-state index in [2.05, 4.69) is 22.6 Å². The van der Waals surface area contributed by atoms with Gasteiger partial charge >= 0.3 is 0 Å². The van der Waals surface area contributed by atoms with Crippen LogP contribution in [-0.2, 0) is 20.9 Å². The minimum absolute atomic E-state index is 0.103. The van der Waals surface area contributed by atoms with Crippen LogP contribution in [0.15, 0.2) is 60.3 Å². The molecule has 0 atom stereocenters. The van der Waals surface area contributed by atoms with Crippen molar-refractivity contribution in [2.24, 2.45) is 0 Å². The summed E-state index contributed by atoms with van der Waals surface area (Å²) in [4.78, 5) is 44.4. The first-order valence-corrected chi connectivity index (χ1v) is 14.2. The molecule has 1 aliphatic carbocycles. The number of likely N-dealkylation sites (N-methyl/N-ethyl adjacent to an activating group) is 1. The van der Waals surface area contributed by atoms with Crippen LogP contribution in [0, 0.1) is 0 Å². The second-order valence-electron chi connectivity index (χ2n) is 10.4. The van der Waals surface area contributed by atoms with E-state index in [1.165, 1.54) is 11.3 Å². The van der Waals surface area contributed by atoms with Crippen LogP contribution in [-0.4, -0.2) is 85.8 Å². The van der Waals surface area contributed by atoms with Crippen LogP contribution < -0.4 is 15.4 Å². The Morgan fingerprint density at radius 3 is 2.45 bits per heavy atom. The van der Waals surface area contributed by atoms with Gasteiger partial charge in [0.1, 0.15) is 11.4 Å². The number of rotatable bonds is 11. The topological polar surface area (TPSA) is 94.2 Å². The van der Waals surface area contributed by atoms with Gasteiger partial charge < -0.3 is 30.1 Å². The van der Waals surface area contributed by atoms with Gasteiger partial charge in [-0.3, -0.25) is 14.4 Å². The number of nitrogens with zero attached hydrogens (tertiary/aromatic N) is 3. The number of nitrogens with one attached hydrogen (secondary N) is 2. The molecule has 0 aromatic heterocycles. The van der Waals surface area contributed by atoms with Gasteiger partial charge in [-0.2, -0.15) is 0 Å². The van der Waals surface area contributed by atoms with Crippen molar-refractivity contribution >= 4 is 23.9 Å². The summed E-state index contributed by atoms with van der Waals surface area (Å²) >= 11 is 0. The molecule has 9 heteroatoms. The minimum atomic E-state index is -0.231. The molecular formula is C31H41N5O4. The summed E-state index contributed by atoms with van der Waals surface area (Å²) in [5.74, 6) is 0.140. The molecule has 214 valence electrons. The third-order valence-corrected chi connectivity index (χ3v) is 7.67. The average molecular weight is 548 g/mol. The van der Waals surface area contributed by atoms with Crippen molar-refractivity contribution in [2.75, 3.05) is 46.9 Å². The number of carbonyl (C=O) groups excluding carboxylic acids is 3. The number of amides is 3. The summed E-state index contributed by atoms with van der Waals surface area (Å²) in [5.41, 5.74) is 2.85. The van der Waals surface area contributed by atoms with Crippen LogP contribution in [0.2, 0.25) is 0 Å². The molecule has 0 spiro atoms. The summed E-state index contributed by atoms with van der Waals surface area (Å²) in [6, 6.07) is 17.5. The Balaban J connectivity index is 1.77. The number of benzene rings is 2. The molecule has 0 bridgehead atoms. The van der Waals surface area contributed by atoms with Gasteiger partial charge in [-0.15, -0.1) is 0 Å². The average Bonchev–Trinajstić information content (AvgIpc) is 3.02. The maximum Gasteiger partial charge on any atom is 0.272 e. The highest BCUT2D eigenvalue weighted by Gasteiger charge is 2.32. The molecule has 2 aromatic carbocycles. The van der Waals surface area contributed by atoms with Gasteiger partial charge in [-0.1, -0.05) is 61.7 Å². The Morgan fingerprint density at radius 1 is 1.05 bits per heavy atom. The molecule has 2 fully saturated rings. The molecule has 2 aromatic rings. The second kappa shape index (κ2) is 14.5. The zero-order valence-electron chi connectivity index (χ0n) is 23.6. The largest absolute Gasteiger partial charge is 0.484 e. The third kappa shape index (κ3) is 7.41. The normalized spacial score (nSPS) is 16.5. The van der Waals surface area contributed by atoms with Gasteiger partial charge in [-0.05, 0) is 30.5 Å². The maximum absolute atomic E-state index is 14.3. The smallest absolute Gasteiger partial charge is 0.272 e. The van der Waals surface area contributed by atoms with Crippen LogP contribution >= 0.6 is 0 Å². The lowest BCUT2D eigenvalue weighted by Gasteiger charge is -2.38. The standard InChI is InChI=1S/C31H41N5O4/c1-32-28(38)22-40-27-15-9-10-24(20-27)21-36(23-37)30(31(39)35-18-16-33-17-19-35)29(25-11-5-3-6-12-25)34(2)26-13-7-4-8-14-26/h3,5-6,9-12,15,20,23,26,33H,4,7-8,13-14,16-19,21-22H2,1-2H3,(H,32,38)/b30-29-. The molecule has 1 aliphatic heterocycles. The van der Waals surface area contributed by atoms with E-state index in [4.69, 9.17) is 4.74 Å². The molecule has 1 saturated heterocycles. The molecule has 0 radical (unpaired) electrons. The SMILES string of the molecule is CNC(=O)COc1cccc(CN(C=O)/C(C(=O)N2CCNCC2)=C(/c2ccccc2)N(C)C2CCCCC2)c1. The van der Waals surface area contributed by atoms with Crippen LogP contribution in [0.3, 0.4) is 0 Å². The van der Waals surface area contributed by atoms with E-state index < -0.39 is 0 Å². The molecule has 40 heavy (non-hydrogen) atoms. The summed E-state index contributed by atoms with van der Waals surface area (Å²) in [7, 11) is 3.61. The monoisotopic (exact) mass is 547 g/mol. The Labute approximate surface area is 237 Å². The Bertz CT molecular complexity index is 1170. The van der Waals surface area contributed by atoms with Crippen molar-refractivity contribution in [3.05, 3.63) is 71.4 Å². The minimum Gasteiger partial charge on any atom is -0.484 e. The fraction of sp³-hybridized carbons (Fsp3) is 0.452. The van der Waals surface area contributed by atoms with E-state index >= 15 is 0 Å². The maximum atomic E-state index is 14.3. The summed E-state index contributed by atoms with van der Waals surface area (Å²) in [5, 5.41) is 5.85. The number of carbonyl (C=O) groups is 3. The fourth-order valence-corrected chi connectivity index (χ4v) is 5.45. The molecule has 0 unspecified atom stereocenters. The lowest BCUT2D eigenvalue weighted by molar-refractivity contribution is -0.132. The molecule has 2 N–H and O–H groups in total. The lowest BCUT2D eigenvalue weighted by atomic mass is 9.93. The molecule has 3 amide bonds. The number of hydrogen-bond donors (Lipinski definition) is 2. The van der Waals surface area contributed by atoms with Gasteiger partial charge in [0, 0.05) is 51.9 Å². The highest BCUT2D eigenvalue weighted by molar-refractivity contribution is 6.02. The lowest BCUT2D eigenvalue weighted by Crippen LogP contribution is -2.49. The van der Waals surface area contributed by atoms with Gasteiger partial charge in [0.25, 0.3) is 11.8 Å². The Hall–Kier alpha value is -3.85. The Morgan fingerprint density at radius 2 is 1.77 bits per heavy atom. The fourth-order valence-electron chi connectivity index (χ4n) is 5.45. The van der Waals surface area contributed by atoms with Gasteiger partial charge in [0.05, 0.1) is 12.2 Å². The van der Waals surface area contributed by atoms with E-state index in [1.54, 1.807) is 19.2 Å². The third-order valence-electron chi connectivity index (χ3n) is 7.67. The van der Waals surface area contributed by atoms with Crippen molar-refractivity contribution in [3.63, 3.8) is 0 Å². The molecule has 1 heterocycles. The first-order chi connectivity index (χ1) is 19.5. The summed E-state index contributed by atoms with van der Waals surface area (Å²) < 4.78 is 5.63. The zero-order chi connectivity index (χ0) is 28.3. The van der Waals surface area contributed by atoms with Crippen molar-refractivity contribution in [2.45, 2.75) is 44.7 Å². The molecular weight excluding hydrogens is 506 g/mol. The van der Waals surface area contributed by atoms with Crippen molar-refractivity contribution < 1.29 is 19.1 Å². The predicted molar refractivity (Wildman–Crippen MR) is 155 cm³/mol. The van der Waals surface area contributed by atoms with Crippen LogP contribution in [0.5, 0.6) is 5.75 Å².